The number of halogens is 1. The minimum atomic E-state index is -0.134. The zero-order chi connectivity index (χ0) is 14.4. The number of carbonyl (C=O) groups is 1. The molecular weight excluding hydrogens is 286 g/mol. The van der Waals surface area contributed by atoms with Gasteiger partial charge >= 0.3 is 0 Å². The molecule has 108 valence electrons. The van der Waals surface area contributed by atoms with Gasteiger partial charge in [0.15, 0.2) is 0 Å². The Balaban J connectivity index is 1.84. The third-order valence-electron chi connectivity index (χ3n) is 4.68. The monoisotopic (exact) mass is 301 g/mol. The summed E-state index contributed by atoms with van der Waals surface area (Å²) >= 11 is 6.41. The van der Waals surface area contributed by atoms with E-state index in [0.29, 0.717) is 13.0 Å². The normalized spacial score (nSPS) is 19.6. The highest BCUT2D eigenvalue weighted by molar-refractivity contribution is 6.31. The lowest BCUT2D eigenvalue weighted by Gasteiger charge is -2.41. The van der Waals surface area contributed by atoms with Gasteiger partial charge in [0.25, 0.3) is 5.91 Å². The van der Waals surface area contributed by atoms with Crippen molar-refractivity contribution >= 4 is 23.3 Å². The van der Waals surface area contributed by atoms with Gasteiger partial charge in [-0.25, -0.2) is 0 Å². The largest absolute Gasteiger partial charge is 0.369 e. The summed E-state index contributed by atoms with van der Waals surface area (Å²) in [5.41, 5.74) is 1.95. The van der Waals surface area contributed by atoms with Gasteiger partial charge in [-0.15, -0.1) is 0 Å². The van der Waals surface area contributed by atoms with Crippen molar-refractivity contribution in [3.05, 3.63) is 46.6 Å². The number of anilines is 1. The van der Waals surface area contributed by atoms with E-state index in [-0.39, 0.29) is 11.3 Å². The Kier molecular flexibility index (Phi) is 2.82. The third kappa shape index (κ3) is 1.82. The molecule has 2 heterocycles. The van der Waals surface area contributed by atoms with Gasteiger partial charge in [0.1, 0.15) is 5.82 Å². The van der Waals surface area contributed by atoms with Crippen LogP contribution in [0.3, 0.4) is 0 Å². The highest BCUT2D eigenvalue weighted by Gasteiger charge is 2.44. The standard InChI is InChI=1S/C16H16ClN3O/c17-12-5-2-1-4-11(12)16(7-3-8-16)13-10-14-18-9-6-15(21)20(14)19-13/h1-2,4-5,10,18H,3,6-9H2. The van der Waals surface area contributed by atoms with E-state index in [1.165, 1.54) is 4.68 Å². The number of nitrogens with one attached hydrogen (secondary N) is 1. The highest BCUT2D eigenvalue weighted by Crippen LogP contribution is 2.50. The number of carbonyl (C=O) groups excluding carboxylic acids is 1. The van der Waals surface area contributed by atoms with Crippen molar-refractivity contribution in [1.82, 2.24) is 9.78 Å². The molecule has 1 fully saturated rings. The van der Waals surface area contributed by atoms with Crippen LogP contribution in [0.2, 0.25) is 5.02 Å². The van der Waals surface area contributed by atoms with Gasteiger partial charge in [-0.1, -0.05) is 36.2 Å². The molecule has 5 heteroatoms. The Bertz CT molecular complexity index is 718. The summed E-state index contributed by atoms with van der Waals surface area (Å²) in [5.74, 6) is 0.864. The second kappa shape index (κ2) is 4.60. The van der Waals surface area contributed by atoms with Crippen molar-refractivity contribution < 1.29 is 4.79 Å². The van der Waals surface area contributed by atoms with Crippen molar-refractivity contribution in [2.45, 2.75) is 31.1 Å². The molecule has 0 radical (unpaired) electrons. The Morgan fingerprint density at radius 2 is 2.10 bits per heavy atom. The fourth-order valence-electron chi connectivity index (χ4n) is 3.38. The second-order valence-electron chi connectivity index (χ2n) is 5.81. The van der Waals surface area contributed by atoms with Crippen LogP contribution in [0.1, 0.15) is 41.7 Å². The lowest BCUT2D eigenvalue weighted by atomic mass is 9.62. The summed E-state index contributed by atoms with van der Waals surface area (Å²) in [6.07, 6.45) is 3.71. The van der Waals surface area contributed by atoms with Crippen LogP contribution in [-0.4, -0.2) is 22.2 Å². The fourth-order valence-corrected chi connectivity index (χ4v) is 3.69. The summed E-state index contributed by atoms with van der Waals surface area (Å²) in [5, 5.41) is 8.62. The lowest BCUT2D eigenvalue weighted by molar-refractivity contribution is 0.0885. The van der Waals surface area contributed by atoms with Crippen molar-refractivity contribution in [2.24, 2.45) is 0 Å². The van der Waals surface area contributed by atoms with Crippen LogP contribution in [0.25, 0.3) is 0 Å². The van der Waals surface area contributed by atoms with Crippen molar-refractivity contribution in [3.8, 4) is 0 Å². The molecular formula is C16H16ClN3O. The first-order valence-corrected chi connectivity index (χ1v) is 7.71. The summed E-state index contributed by atoms with van der Waals surface area (Å²) in [4.78, 5) is 12.0. The van der Waals surface area contributed by atoms with Crippen LogP contribution >= 0.6 is 11.6 Å². The molecule has 1 aliphatic heterocycles. The smallest absolute Gasteiger partial charge is 0.250 e. The van der Waals surface area contributed by atoms with Crippen LogP contribution in [0.5, 0.6) is 0 Å². The molecule has 1 aromatic carbocycles. The summed E-state index contributed by atoms with van der Waals surface area (Å²) in [6.45, 7) is 0.684. The molecule has 0 saturated heterocycles. The van der Waals surface area contributed by atoms with Crippen LogP contribution in [-0.2, 0) is 5.41 Å². The van der Waals surface area contributed by atoms with Crippen molar-refractivity contribution in [2.75, 3.05) is 11.9 Å². The highest BCUT2D eigenvalue weighted by atomic mass is 35.5. The van der Waals surface area contributed by atoms with Crippen molar-refractivity contribution in [3.63, 3.8) is 0 Å². The van der Waals surface area contributed by atoms with Gasteiger partial charge in [-0.3, -0.25) is 4.79 Å². The summed E-state index contributed by atoms with van der Waals surface area (Å²) in [6, 6.07) is 9.98. The minimum absolute atomic E-state index is 0.0589. The zero-order valence-corrected chi connectivity index (χ0v) is 12.4. The predicted octanol–water partition coefficient (Wildman–Crippen LogP) is 3.46. The molecule has 2 aromatic rings. The molecule has 1 aromatic heterocycles. The maximum Gasteiger partial charge on any atom is 0.250 e. The number of fused-ring (bicyclic) bond motifs is 1. The lowest BCUT2D eigenvalue weighted by Crippen LogP contribution is -2.36. The Morgan fingerprint density at radius 1 is 1.29 bits per heavy atom. The summed E-state index contributed by atoms with van der Waals surface area (Å²) in [7, 11) is 0. The SMILES string of the molecule is O=C1CCNc2cc(C3(c4ccccc4Cl)CCC3)nn21. The molecule has 2 aliphatic rings. The number of nitrogens with zero attached hydrogens (tertiary/aromatic N) is 2. The predicted molar refractivity (Wildman–Crippen MR) is 82.0 cm³/mol. The first-order valence-electron chi connectivity index (χ1n) is 7.33. The van der Waals surface area contributed by atoms with E-state index < -0.39 is 0 Å². The Labute approximate surface area is 128 Å². The number of aromatic nitrogens is 2. The average Bonchev–Trinajstić information content (AvgIpc) is 2.85. The molecule has 1 N–H and O–H groups in total. The molecule has 0 atom stereocenters. The maximum atomic E-state index is 12.0. The number of benzene rings is 1. The maximum absolute atomic E-state index is 12.0. The first kappa shape index (κ1) is 12.9. The summed E-state index contributed by atoms with van der Waals surface area (Å²) < 4.78 is 1.51. The second-order valence-corrected chi connectivity index (χ2v) is 6.22. The van der Waals surface area contributed by atoms with Gasteiger partial charge in [0.05, 0.1) is 5.69 Å². The Hall–Kier alpha value is -1.81. The van der Waals surface area contributed by atoms with E-state index in [9.17, 15) is 4.79 Å². The number of rotatable bonds is 2. The van der Waals surface area contributed by atoms with Gasteiger partial charge in [0, 0.05) is 29.5 Å². The molecule has 0 spiro atoms. The minimum Gasteiger partial charge on any atom is -0.369 e. The molecule has 4 nitrogen and oxygen atoms in total. The molecule has 0 bridgehead atoms. The van der Waals surface area contributed by atoms with Gasteiger partial charge < -0.3 is 5.32 Å². The topological polar surface area (TPSA) is 46.9 Å². The number of hydrogen-bond donors (Lipinski definition) is 1. The van der Waals surface area contributed by atoms with Crippen LogP contribution in [0.4, 0.5) is 5.82 Å². The third-order valence-corrected chi connectivity index (χ3v) is 5.01. The molecule has 4 rings (SSSR count). The molecule has 1 aliphatic carbocycles. The van der Waals surface area contributed by atoms with Crippen molar-refractivity contribution in [1.29, 1.82) is 0 Å². The van der Waals surface area contributed by atoms with E-state index >= 15 is 0 Å². The van der Waals surface area contributed by atoms with Gasteiger partial charge in [0.2, 0.25) is 0 Å². The van der Waals surface area contributed by atoms with Crippen LogP contribution in [0.15, 0.2) is 30.3 Å². The molecule has 0 amide bonds. The Morgan fingerprint density at radius 3 is 2.76 bits per heavy atom. The van der Waals surface area contributed by atoms with Gasteiger partial charge in [-0.2, -0.15) is 9.78 Å². The molecule has 0 unspecified atom stereocenters. The fraction of sp³-hybridized carbons (Fsp3) is 0.375. The quantitative estimate of drug-likeness (QED) is 0.924. The first-order chi connectivity index (χ1) is 10.2. The van der Waals surface area contributed by atoms with Gasteiger partial charge in [-0.05, 0) is 24.5 Å². The van der Waals surface area contributed by atoms with Crippen LogP contribution in [0, 0.1) is 0 Å². The number of hydrogen-bond acceptors (Lipinski definition) is 3. The van der Waals surface area contributed by atoms with Crippen LogP contribution < -0.4 is 5.32 Å². The molecule has 21 heavy (non-hydrogen) atoms. The zero-order valence-electron chi connectivity index (χ0n) is 11.6. The molecule has 1 saturated carbocycles. The van der Waals surface area contributed by atoms with E-state index in [1.54, 1.807) is 0 Å². The van der Waals surface area contributed by atoms with E-state index in [0.717, 1.165) is 41.4 Å². The van der Waals surface area contributed by atoms with E-state index in [2.05, 4.69) is 16.5 Å². The van der Waals surface area contributed by atoms with E-state index in [1.807, 2.05) is 24.3 Å². The van der Waals surface area contributed by atoms with E-state index in [4.69, 9.17) is 11.6 Å². The average molecular weight is 302 g/mol.